The van der Waals surface area contributed by atoms with Gasteiger partial charge in [0.15, 0.2) is 11.5 Å². The molecule has 1 atom stereocenters. The van der Waals surface area contributed by atoms with Gasteiger partial charge in [0.05, 0.1) is 12.9 Å². The van der Waals surface area contributed by atoms with Gasteiger partial charge in [0.25, 0.3) is 0 Å². The molecule has 2 aromatic carbocycles. The summed E-state index contributed by atoms with van der Waals surface area (Å²) in [6.45, 7) is 5.94. The number of carbonyl (C=O) groups is 1. The second-order valence-electron chi connectivity index (χ2n) is 8.28. The highest BCUT2D eigenvalue weighted by Gasteiger charge is 2.26. The monoisotopic (exact) mass is 520 g/mol. The molecular weight excluding hydrogens is 488 g/mol. The van der Waals surface area contributed by atoms with E-state index in [4.69, 9.17) is 21.1 Å². The van der Waals surface area contributed by atoms with Crippen molar-refractivity contribution < 1.29 is 22.7 Å². The van der Waals surface area contributed by atoms with Gasteiger partial charge in [-0.05, 0) is 60.7 Å². The van der Waals surface area contributed by atoms with Crippen LogP contribution in [0.4, 0.5) is 0 Å². The zero-order valence-corrected chi connectivity index (χ0v) is 22.1. The third-order valence-electron chi connectivity index (χ3n) is 5.05. The van der Waals surface area contributed by atoms with Crippen LogP contribution in [0.25, 0.3) is 0 Å². The summed E-state index contributed by atoms with van der Waals surface area (Å²) in [6, 6.07) is 12.0. The lowest BCUT2D eigenvalue weighted by atomic mass is 10.0. The van der Waals surface area contributed by atoms with Gasteiger partial charge in [0, 0.05) is 17.1 Å². The average molecular weight is 521 g/mol. The molecule has 0 saturated heterocycles. The molecule has 2 N–H and O–H groups in total. The highest BCUT2D eigenvalue weighted by Crippen LogP contribution is 2.28. The lowest BCUT2D eigenvalue weighted by Crippen LogP contribution is -2.50. The number of benzene rings is 2. The number of nitrogens with one attached hydrogen (secondary N) is 2. The van der Waals surface area contributed by atoms with Crippen molar-refractivity contribution in [1.82, 2.24) is 10.0 Å². The highest BCUT2D eigenvalue weighted by atomic mass is 35.5. The molecule has 190 valence electrons. The van der Waals surface area contributed by atoms with E-state index in [2.05, 4.69) is 21.9 Å². The van der Waals surface area contributed by atoms with Crippen LogP contribution >= 0.6 is 11.6 Å². The van der Waals surface area contributed by atoms with E-state index in [0.29, 0.717) is 35.9 Å². The van der Waals surface area contributed by atoms with Gasteiger partial charge in [-0.15, -0.1) is 0 Å². The maximum Gasteiger partial charge on any atom is 0.238 e. The van der Waals surface area contributed by atoms with Crippen LogP contribution in [-0.2, 0) is 21.2 Å². The van der Waals surface area contributed by atoms with Crippen LogP contribution in [0.15, 0.2) is 42.5 Å². The van der Waals surface area contributed by atoms with E-state index in [1.165, 1.54) is 0 Å². The minimum atomic E-state index is -3.50. The Morgan fingerprint density at radius 2 is 1.83 bits per heavy atom. The van der Waals surface area contributed by atoms with Crippen LogP contribution < -0.4 is 19.5 Å². The summed E-state index contributed by atoms with van der Waals surface area (Å²) in [5.41, 5.74) is 1.79. The molecule has 2 aromatic rings. The number of ether oxygens (including phenoxy) is 2. The third kappa shape index (κ3) is 9.81. The molecule has 0 fully saturated rings. The van der Waals surface area contributed by atoms with E-state index >= 15 is 0 Å². The molecule has 0 unspecified atom stereocenters. The summed E-state index contributed by atoms with van der Waals surface area (Å²) in [5.74, 6) is 6.57. The predicted molar refractivity (Wildman–Crippen MR) is 139 cm³/mol. The zero-order valence-electron chi connectivity index (χ0n) is 20.6. The molecule has 0 aromatic heterocycles. The number of rotatable bonds is 12. The van der Waals surface area contributed by atoms with E-state index in [1.807, 2.05) is 38.1 Å². The largest absolute Gasteiger partial charge is 0.493 e. The van der Waals surface area contributed by atoms with Gasteiger partial charge in [-0.3, -0.25) is 4.79 Å². The Morgan fingerprint density at radius 3 is 2.46 bits per heavy atom. The number of amides is 1. The standard InChI is InChI=1S/C26H33ClN2O5S/c1-5-17-35(31,32)29-25(19(2)3)26(30)28-15-14-21-10-13-23(24(18-21)33-4)34-16-6-7-20-8-11-22(27)12-9-20/h8-13,18-19,25,29H,5,14-17H2,1-4H3,(H,28,30)/t25-/m0/s1. The number of carbonyl (C=O) groups excluding carboxylic acids is 1. The van der Waals surface area contributed by atoms with E-state index in [0.717, 1.165) is 11.1 Å². The summed E-state index contributed by atoms with van der Waals surface area (Å²) < 4.78 is 37.9. The topological polar surface area (TPSA) is 93.7 Å². The SMILES string of the molecule is CCCS(=O)(=O)N[C@H](C(=O)NCCc1ccc(OCC#Cc2ccc(Cl)cc2)c(OC)c1)C(C)C. The van der Waals surface area contributed by atoms with Gasteiger partial charge in [0.2, 0.25) is 15.9 Å². The molecule has 7 nitrogen and oxygen atoms in total. The first-order valence-corrected chi connectivity index (χ1v) is 13.5. The summed E-state index contributed by atoms with van der Waals surface area (Å²) in [5, 5.41) is 3.49. The average Bonchev–Trinajstić information content (AvgIpc) is 2.81. The van der Waals surface area contributed by atoms with Crippen molar-refractivity contribution in [2.24, 2.45) is 5.92 Å². The maximum absolute atomic E-state index is 12.6. The van der Waals surface area contributed by atoms with Crippen LogP contribution in [0.1, 0.15) is 38.3 Å². The molecule has 0 heterocycles. The summed E-state index contributed by atoms with van der Waals surface area (Å²) in [7, 11) is -1.94. The fraction of sp³-hybridized carbons (Fsp3) is 0.423. The molecule has 0 aliphatic heterocycles. The van der Waals surface area contributed by atoms with Crippen LogP contribution in [0.3, 0.4) is 0 Å². The van der Waals surface area contributed by atoms with Crippen LogP contribution in [0.2, 0.25) is 5.02 Å². The Labute approximate surface area is 213 Å². The van der Waals surface area contributed by atoms with Crippen molar-refractivity contribution in [1.29, 1.82) is 0 Å². The van der Waals surface area contributed by atoms with Crippen LogP contribution in [-0.4, -0.2) is 46.4 Å². The van der Waals surface area contributed by atoms with Gasteiger partial charge in [-0.1, -0.05) is 50.3 Å². The number of sulfonamides is 1. The minimum absolute atomic E-state index is 0.00950. The Hall–Kier alpha value is -2.73. The molecule has 9 heteroatoms. The Bertz CT molecular complexity index is 1140. The summed E-state index contributed by atoms with van der Waals surface area (Å²) in [6.07, 6.45) is 1.03. The van der Waals surface area contributed by atoms with E-state index < -0.39 is 16.1 Å². The number of halogens is 1. The van der Waals surface area contributed by atoms with Crippen molar-refractivity contribution >= 4 is 27.5 Å². The predicted octanol–water partition coefficient (Wildman–Crippen LogP) is 3.79. The Morgan fingerprint density at radius 1 is 1.11 bits per heavy atom. The molecular formula is C26H33ClN2O5S. The van der Waals surface area contributed by atoms with E-state index in [-0.39, 0.29) is 24.2 Å². The van der Waals surface area contributed by atoms with Crippen LogP contribution in [0.5, 0.6) is 11.5 Å². The van der Waals surface area contributed by atoms with E-state index in [9.17, 15) is 13.2 Å². The van der Waals surface area contributed by atoms with Crippen molar-refractivity contribution in [3.8, 4) is 23.3 Å². The smallest absolute Gasteiger partial charge is 0.238 e. The summed E-state index contributed by atoms with van der Waals surface area (Å²) in [4.78, 5) is 12.6. The molecule has 0 spiro atoms. The molecule has 0 radical (unpaired) electrons. The second kappa shape index (κ2) is 14.0. The molecule has 0 aliphatic rings. The van der Waals surface area contributed by atoms with Gasteiger partial charge >= 0.3 is 0 Å². The van der Waals surface area contributed by atoms with Crippen molar-refractivity contribution in [3.63, 3.8) is 0 Å². The first-order chi connectivity index (χ1) is 16.6. The normalized spacial score (nSPS) is 11.9. The van der Waals surface area contributed by atoms with Gasteiger partial charge in [0.1, 0.15) is 12.6 Å². The third-order valence-corrected chi connectivity index (χ3v) is 6.86. The molecule has 0 saturated carbocycles. The zero-order chi connectivity index (χ0) is 25.8. The quantitative estimate of drug-likeness (QED) is 0.415. The van der Waals surface area contributed by atoms with Crippen molar-refractivity contribution in [2.45, 2.75) is 39.7 Å². The molecule has 0 aliphatic carbocycles. The number of methoxy groups -OCH3 is 1. The highest BCUT2D eigenvalue weighted by molar-refractivity contribution is 7.89. The molecule has 2 rings (SSSR count). The maximum atomic E-state index is 12.6. The minimum Gasteiger partial charge on any atom is -0.493 e. The van der Waals surface area contributed by atoms with Crippen molar-refractivity contribution in [3.05, 3.63) is 58.6 Å². The van der Waals surface area contributed by atoms with Gasteiger partial charge in [-0.2, -0.15) is 0 Å². The molecule has 1 amide bonds. The van der Waals surface area contributed by atoms with Crippen molar-refractivity contribution in [2.75, 3.05) is 26.0 Å². The Balaban J connectivity index is 1.91. The van der Waals surface area contributed by atoms with Gasteiger partial charge in [-0.25, -0.2) is 13.1 Å². The lowest BCUT2D eigenvalue weighted by Gasteiger charge is -2.21. The molecule has 0 bridgehead atoms. The van der Waals surface area contributed by atoms with E-state index in [1.54, 1.807) is 32.2 Å². The Kier molecular flexibility index (Phi) is 11.4. The fourth-order valence-electron chi connectivity index (χ4n) is 3.23. The number of hydrogen-bond donors (Lipinski definition) is 2. The second-order valence-corrected chi connectivity index (χ2v) is 10.6. The summed E-state index contributed by atoms with van der Waals surface area (Å²) >= 11 is 5.87. The van der Waals surface area contributed by atoms with Crippen LogP contribution in [0, 0.1) is 17.8 Å². The fourth-order valence-corrected chi connectivity index (χ4v) is 4.77. The lowest BCUT2D eigenvalue weighted by molar-refractivity contribution is -0.123. The first kappa shape index (κ1) is 28.5. The number of hydrogen-bond acceptors (Lipinski definition) is 5. The molecule has 35 heavy (non-hydrogen) atoms. The first-order valence-electron chi connectivity index (χ1n) is 11.5. The van der Waals surface area contributed by atoms with Gasteiger partial charge < -0.3 is 14.8 Å².